The first-order chi connectivity index (χ1) is 13.4. The quantitative estimate of drug-likeness (QED) is 0.586. The minimum atomic E-state index is -0.597. The van der Waals surface area contributed by atoms with Crippen LogP contribution in [0.25, 0.3) is 5.69 Å². The molecule has 8 nitrogen and oxygen atoms in total. The minimum absolute atomic E-state index is 0.185. The van der Waals surface area contributed by atoms with Crippen molar-refractivity contribution in [1.29, 1.82) is 0 Å². The summed E-state index contributed by atoms with van der Waals surface area (Å²) in [7, 11) is 0. The first-order valence-electron chi connectivity index (χ1n) is 8.75. The molecule has 0 saturated carbocycles. The number of carbonyl (C=O) groups excluding carboxylic acids is 2. The van der Waals surface area contributed by atoms with Gasteiger partial charge in [-0.1, -0.05) is 18.2 Å². The second-order valence-electron chi connectivity index (χ2n) is 6.06. The summed E-state index contributed by atoms with van der Waals surface area (Å²) >= 11 is 3.39. The van der Waals surface area contributed by atoms with Crippen molar-refractivity contribution in [3.63, 3.8) is 0 Å². The Hall–Kier alpha value is -2.94. The highest BCUT2D eigenvalue weighted by Crippen LogP contribution is 2.24. The van der Waals surface area contributed by atoms with Crippen molar-refractivity contribution in [3.05, 3.63) is 58.5 Å². The topological polar surface area (TPSA) is 91.0 Å². The lowest BCUT2D eigenvalue weighted by Gasteiger charge is -2.16. The predicted molar refractivity (Wildman–Crippen MR) is 108 cm³/mol. The molecule has 0 aliphatic rings. The fourth-order valence-corrected chi connectivity index (χ4v) is 2.99. The van der Waals surface area contributed by atoms with Crippen LogP contribution in [-0.2, 0) is 9.53 Å². The Labute approximate surface area is 170 Å². The fraction of sp³-hybridized carbons (Fsp3) is 0.263. The van der Waals surface area contributed by atoms with Crippen LogP contribution in [0.4, 0.5) is 5.82 Å². The van der Waals surface area contributed by atoms with Crippen LogP contribution in [0.15, 0.2) is 47.2 Å². The van der Waals surface area contributed by atoms with E-state index >= 15 is 0 Å². The Bertz CT molecular complexity index is 996. The third-order valence-electron chi connectivity index (χ3n) is 4.24. The summed E-state index contributed by atoms with van der Waals surface area (Å²) < 4.78 is 9.02. The van der Waals surface area contributed by atoms with Gasteiger partial charge in [0, 0.05) is 0 Å². The van der Waals surface area contributed by atoms with Gasteiger partial charge in [-0.2, -0.15) is 10.2 Å². The highest BCUT2D eigenvalue weighted by Gasteiger charge is 2.25. The molecule has 0 bridgehead atoms. The Morgan fingerprint density at radius 1 is 1.21 bits per heavy atom. The Balaban J connectivity index is 1.97. The van der Waals surface area contributed by atoms with Crippen molar-refractivity contribution in [3.8, 4) is 5.69 Å². The molecular formula is C19H20BrN5O3. The molecule has 2 heterocycles. The van der Waals surface area contributed by atoms with Crippen LogP contribution >= 0.6 is 15.9 Å². The average Bonchev–Trinajstić information content (AvgIpc) is 3.26. The lowest BCUT2D eigenvalue weighted by atomic mass is 10.2. The van der Waals surface area contributed by atoms with Crippen LogP contribution in [0.1, 0.15) is 35.9 Å². The van der Waals surface area contributed by atoms with E-state index in [-0.39, 0.29) is 23.9 Å². The summed E-state index contributed by atoms with van der Waals surface area (Å²) in [4.78, 5) is 25.2. The zero-order valence-corrected chi connectivity index (χ0v) is 17.3. The van der Waals surface area contributed by atoms with Gasteiger partial charge >= 0.3 is 5.97 Å². The van der Waals surface area contributed by atoms with E-state index in [9.17, 15) is 9.59 Å². The summed E-state index contributed by atoms with van der Waals surface area (Å²) in [6.45, 7) is 5.53. The van der Waals surface area contributed by atoms with Gasteiger partial charge in [0.25, 0.3) is 0 Å². The van der Waals surface area contributed by atoms with Crippen molar-refractivity contribution < 1.29 is 14.3 Å². The number of para-hydroxylation sites is 1. The molecule has 0 saturated heterocycles. The Kier molecular flexibility index (Phi) is 5.93. The molecule has 9 heteroatoms. The molecule has 0 aliphatic carbocycles. The minimum Gasteiger partial charge on any atom is -0.462 e. The van der Waals surface area contributed by atoms with Gasteiger partial charge in [-0.15, -0.1) is 0 Å². The number of amides is 1. The number of rotatable bonds is 6. The third kappa shape index (κ3) is 3.84. The van der Waals surface area contributed by atoms with E-state index in [1.54, 1.807) is 24.7 Å². The van der Waals surface area contributed by atoms with Crippen molar-refractivity contribution in [1.82, 2.24) is 19.6 Å². The Morgan fingerprint density at radius 2 is 1.93 bits per heavy atom. The summed E-state index contributed by atoms with van der Waals surface area (Å²) in [5.74, 6) is -0.627. The zero-order valence-electron chi connectivity index (χ0n) is 15.7. The normalized spacial score (nSPS) is 11.9. The first-order valence-corrected chi connectivity index (χ1v) is 9.54. The number of nitrogens with one attached hydrogen (secondary N) is 1. The number of hydrogen-bond donors (Lipinski definition) is 1. The SMILES string of the molecule is CCOC(=O)c1cnn(-c2ccccc2)c1NC(=O)C(C)n1ncc(Br)c1C. The second kappa shape index (κ2) is 8.39. The van der Waals surface area contributed by atoms with Crippen LogP contribution < -0.4 is 5.32 Å². The van der Waals surface area contributed by atoms with Gasteiger partial charge in [0.1, 0.15) is 11.6 Å². The van der Waals surface area contributed by atoms with Gasteiger partial charge in [0.15, 0.2) is 5.82 Å². The highest BCUT2D eigenvalue weighted by atomic mass is 79.9. The summed E-state index contributed by atoms with van der Waals surface area (Å²) in [6.07, 6.45) is 3.03. The van der Waals surface area contributed by atoms with Crippen molar-refractivity contribution >= 4 is 33.6 Å². The van der Waals surface area contributed by atoms with Gasteiger partial charge in [-0.05, 0) is 48.8 Å². The molecule has 0 aliphatic heterocycles. The van der Waals surface area contributed by atoms with Gasteiger partial charge in [0.2, 0.25) is 5.91 Å². The maximum atomic E-state index is 12.9. The number of esters is 1. The monoisotopic (exact) mass is 445 g/mol. The largest absolute Gasteiger partial charge is 0.462 e. The molecule has 1 atom stereocenters. The van der Waals surface area contributed by atoms with Gasteiger partial charge in [0.05, 0.1) is 34.9 Å². The lowest BCUT2D eigenvalue weighted by Crippen LogP contribution is -2.27. The number of anilines is 1. The lowest BCUT2D eigenvalue weighted by molar-refractivity contribution is -0.119. The van der Waals surface area contributed by atoms with Crippen LogP contribution in [0.2, 0.25) is 0 Å². The van der Waals surface area contributed by atoms with E-state index in [1.165, 1.54) is 10.9 Å². The van der Waals surface area contributed by atoms with E-state index < -0.39 is 12.0 Å². The molecule has 1 aromatic carbocycles. The molecule has 1 unspecified atom stereocenters. The summed E-state index contributed by atoms with van der Waals surface area (Å²) in [5.41, 5.74) is 1.72. The predicted octanol–water partition coefficient (Wildman–Crippen LogP) is 3.52. The molecule has 1 amide bonds. The van der Waals surface area contributed by atoms with Crippen molar-refractivity contribution in [2.75, 3.05) is 11.9 Å². The number of benzene rings is 1. The van der Waals surface area contributed by atoms with E-state index in [4.69, 9.17) is 4.74 Å². The molecule has 1 N–H and O–H groups in total. The van der Waals surface area contributed by atoms with Gasteiger partial charge in [-0.3, -0.25) is 9.48 Å². The van der Waals surface area contributed by atoms with Gasteiger partial charge in [-0.25, -0.2) is 9.48 Å². The summed E-state index contributed by atoms with van der Waals surface area (Å²) in [6, 6.07) is 8.63. The highest BCUT2D eigenvalue weighted by molar-refractivity contribution is 9.10. The molecule has 146 valence electrons. The number of hydrogen-bond acceptors (Lipinski definition) is 5. The van der Waals surface area contributed by atoms with E-state index in [1.807, 2.05) is 37.3 Å². The van der Waals surface area contributed by atoms with Crippen LogP contribution in [0.5, 0.6) is 0 Å². The van der Waals surface area contributed by atoms with Crippen LogP contribution in [-0.4, -0.2) is 38.0 Å². The number of carbonyl (C=O) groups is 2. The first kappa shape index (κ1) is 19.8. The standard InChI is InChI=1S/C19H20BrN5O3/c1-4-28-19(27)15-10-21-25(14-8-6-5-7-9-14)17(15)23-18(26)13(3)24-12(2)16(20)11-22-24/h5-11,13H,4H2,1-3H3,(H,23,26). The molecule has 2 aromatic heterocycles. The maximum Gasteiger partial charge on any atom is 0.343 e. The average molecular weight is 446 g/mol. The molecule has 0 radical (unpaired) electrons. The zero-order chi connectivity index (χ0) is 20.3. The number of nitrogens with zero attached hydrogens (tertiary/aromatic N) is 4. The van der Waals surface area contributed by atoms with E-state index in [2.05, 4.69) is 31.4 Å². The van der Waals surface area contributed by atoms with Crippen LogP contribution in [0.3, 0.4) is 0 Å². The fourth-order valence-electron chi connectivity index (χ4n) is 2.72. The molecule has 0 fully saturated rings. The maximum absolute atomic E-state index is 12.9. The number of aromatic nitrogens is 4. The number of ether oxygens (including phenoxy) is 1. The van der Waals surface area contributed by atoms with Crippen molar-refractivity contribution in [2.45, 2.75) is 26.8 Å². The Morgan fingerprint density at radius 3 is 2.54 bits per heavy atom. The molecule has 3 aromatic rings. The van der Waals surface area contributed by atoms with Gasteiger partial charge < -0.3 is 10.1 Å². The van der Waals surface area contributed by atoms with E-state index in [0.717, 1.165) is 10.2 Å². The molecule has 28 heavy (non-hydrogen) atoms. The van der Waals surface area contributed by atoms with E-state index in [0.29, 0.717) is 5.69 Å². The van der Waals surface area contributed by atoms with Crippen LogP contribution in [0, 0.1) is 6.92 Å². The molecule has 3 rings (SSSR count). The third-order valence-corrected chi connectivity index (χ3v) is 5.02. The molecular weight excluding hydrogens is 426 g/mol. The van der Waals surface area contributed by atoms with Crippen molar-refractivity contribution in [2.24, 2.45) is 0 Å². The smallest absolute Gasteiger partial charge is 0.343 e. The molecule has 0 spiro atoms. The summed E-state index contributed by atoms with van der Waals surface area (Å²) in [5, 5.41) is 11.3. The second-order valence-corrected chi connectivity index (χ2v) is 6.92. The number of halogens is 1.